The number of rotatable bonds is 3. The number of carbonyl (C=O) groups is 1. The van der Waals surface area contributed by atoms with Crippen molar-refractivity contribution in [1.82, 2.24) is 15.1 Å². The number of amides is 1. The van der Waals surface area contributed by atoms with Gasteiger partial charge in [-0.15, -0.1) is 0 Å². The van der Waals surface area contributed by atoms with Gasteiger partial charge < -0.3 is 15.1 Å². The number of nitrogens with one attached hydrogen (secondary N) is 1. The number of fused-ring (bicyclic) bond motifs is 2. The molecule has 128 valence electrons. The van der Waals surface area contributed by atoms with Crippen molar-refractivity contribution in [2.75, 3.05) is 33.2 Å². The van der Waals surface area contributed by atoms with Crippen molar-refractivity contribution in [1.29, 1.82) is 5.26 Å². The van der Waals surface area contributed by atoms with Crippen molar-refractivity contribution in [3.8, 4) is 6.07 Å². The molecule has 5 nitrogen and oxygen atoms in total. The number of nitrogens with zero attached hydrogens (tertiary/aromatic N) is 3. The standard InChI is InChI=1S/C18H30N4O/c1-16(2)17(3)7-8-18(16,13-21(4)12-17)20-11-15(23)22-9-5-6-14(22)10-19/h14,20H,5-9,11-13H2,1-4H3. The molecule has 23 heavy (non-hydrogen) atoms. The van der Waals surface area contributed by atoms with E-state index in [0.29, 0.717) is 12.0 Å². The SMILES string of the molecule is CN1CC2(C)CCC(NCC(=O)N3CCCC3C#N)(C1)C2(C)C. The minimum Gasteiger partial charge on any atom is -0.326 e. The van der Waals surface area contributed by atoms with Crippen LogP contribution in [-0.2, 0) is 4.79 Å². The molecule has 2 saturated heterocycles. The van der Waals surface area contributed by atoms with Crippen LogP contribution in [0.5, 0.6) is 0 Å². The van der Waals surface area contributed by atoms with Crippen LogP contribution in [0.25, 0.3) is 0 Å². The quantitative estimate of drug-likeness (QED) is 0.859. The maximum absolute atomic E-state index is 12.6. The van der Waals surface area contributed by atoms with Crippen molar-refractivity contribution < 1.29 is 4.79 Å². The predicted octanol–water partition coefficient (Wildman–Crippen LogP) is 1.60. The van der Waals surface area contributed by atoms with Gasteiger partial charge in [0.05, 0.1) is 12.6 Å². The molecule has 0 aromatic carbocycles. The first kappa shape index (κ1) is 16.7. The van der Waals surface area contributed by atoms with E-state index >= 15 is 0 Å². The normalized spacial score (nSPS) is 39.4. The molecule has 2 bridgehead atoms. The van der Waals surface area contributed by atoms with Gasteiger partial charge in [-0.2, -0.15) is 5.26 Å². The smallest absolute Gasteiger partial charge is 0.237 e. The van der Waals surface area contributed by atoms with Crippen LogP contribution in [-0.4, -0.2) is 60.5 Å². The van der Waals surface area contributed by atoms with Gasteiger partial charge in [-0.1, -0.05) is 20.8 Å². The van der Waals surface area contributed by atoms with Crippen LogP contribution in [0.1, 0.15) is 46.5 Å². The topological polar surface area (TPSA) is 59.4 Å². The highest BCUT2D eigenvalue weighted by molar-refractivity contribution is 5.79. The second-order valence-electron chi connectivity index (χ2n) is 8.67. The van der Waals surface area contributed by atoms with E-state index in [-0.39, 0.29) is 22.9 Å². The van der Waals surface area contributed by atoms with E-state index in [1.165, 1.54) is 6.42 Å². The summed E-state index contributed by atoms with van der Waals surface area (Å²) in [5.74, 6) is 0.0843. The second-order valence-corrected chi connectivity index (χ2v) is 8.67. The van der Waals surface area contributed by atoms with E-state index in [2.05, 4.69) is 44.1 Å². The van der Waals surface area contributed by atoms with Gasteiger partial charge in [0.1, 0.15) is 6.04 Å². The molecule has 2 aliphatic heterocycles. The second kappa shape index (κ2) is 5.46. The van der Waals surface area contributed by atoms with Crippen molar-refractivity contribution >= 4 is 5.91 Å². The van der Waals surface area contributed by atoms with Gasteiger partial charge in [0.15, 0.2) is 0 Å². The third kappa shape index (κ3) is 2.38. The lowest BCUT2D eigenvalue weighted by atomic mass is 9.60. The van der Waals surface area contributed by atoms with Gasteiger partial charge in [0, 0.05) is 25.2 Å². The third-order valence-electron chi connectivity index (χ3n) is 7.27. The van der Waals surface area contributed by atoms with E-state index < -0.39 is 0 Å². The van der Waals surface area contributed by atoms with Crippen molar-refractivity contribution in [2.45, 2.75) is 58.0 Å². The molecular formula is C18H30N4O. The van der Waals surface area contributed by atoms with Crippen LogP contribution >= 0.6 is 0 Å². The first-order valence-electron chi connectivity index (χ1n) is 8.87. The molecule has 3 fully saturated rings. The van der Waals surface area contributed by atoms with E-state index in [4.69, 9.17) is 0 Å². The molecular weight excluding hydrogens is 288 g/mol. The zero-order valence-corrected chi connectivity index (χ0v) is 15.0. The summed E-state index contributed by atoms with van der Waals surface area (Å²) in [6.45, 7) is 10.3. The minimum absolute atomic E-state index is 0.00766. The van der Waals surface area contributed by atoms with Gasteiger partial charge in [0.25, 0.3) is 0 Å². The van der Waals surface area contributed by atoms with Crippen molar-refractivity contribution in [2.24, 2.45) is 10.8 Å². The van der Waals surface area contributed by atoms with Gasteiger partial charge >= 0.3 is 0 Å². The van der Waals surface area contributed by atoms with Gasteiger partial charge in [-0.3, -0.25) is 4.79 Å². The van der Waals surface area contributed by atoms with E-state index in [0.717, 1.165) is 38.9 Å². The van der Waals surface area contributed by atoms with Crippen LogP contribution in [0, 0.1) is 22.2 Å². The number of piperidine rings is 1. The lowest BCUT2D eigenvalue weighted by molar-refractivity contribution is -0.131. The largest absolute Gasteiger partial charge is 0.326 e. The van der Waals surface area contributed by atoms with E-state index in [1.54, 1.807) is 4.90 Å². The summed E-state index contributed by atoms with van der Waals surface area (Å²) < 4.78 is 0. The van der Waals surface area contributed by atoms with Crippen molar-refractivity contribution in [3.05, 3.63) is 0 Å². The summed E-state index contributed by atoms with van der Waals surface area (Å²) in [4.78, 5) is 16.8. The molecule has 3 unspecified atom stereocenters. The molecule has 5 heteroatoms. The first-order chi connectivity index (χ1) is 10.7. The summed E-state index contributed by atoms with van der Waals surface area (Å²) in [5, 5.41) is 12.8. The maximum atomic E-state index is 12.6. The molecule has 2 heterocycles. The van der Waals surface area contributed by atoms with Crippen LogP contribution in [0.2, 0.25) is 0 Å². The number of nitriles is 1. The Balaban J connectivity index is 1.72. The Morgan fingerprint density at radius 3 is 2.74 bits per heavy atom. The Kier molecular flexibility index (Phi) is 3.97. The van der Waals surface area contributed by atoms with Crippen molar-refractivity contribution in [3.63, 3.8) is 0 Å². The monoisotopic (exact) mass is 318 g/mol. The number of hydrogen-bond acceptors (Lipinski definition) is 4. The fourth-order valence-corrected chi connectivity index (χ4v) is 5.27. The first-order valence-corrected chi connectivity index (χ1v) is 8.87. The zero-order chi connectivity index (χ0) is 16.9. The zero-order valence-electron chi connectivity index (χ0n) is 15.0. The van der Waals surface area contributed by atoms with Crippen LogP contribution < -0.4 is 5.32 Å². The highest BCUT2D eigenvalue weighted by Crippen LogP contribution is 2.60. The van der Waals surface area contributed by atoms with E-state index in [1.807, 2.05) is 0 Å². The Morgan fingerprint density at radius 2 is 2.04 bits per heavy atom. The van der Waals surface area contributed by atoms with Gasteiger partial charge in [0.2, 0.25) is 5.91 Å². The molecule has 0 aromatic heterocycles. The molecule has 1 N–H and O–H groups in total. The van der Waals surface area contributed by atoms with Gasteiger partial charge in [-0.25, -0.2) is 0 Å². The van der Waals surface area contributed by atoms with E-state index in [9.17, 15) is 10.1 Å². The highest BCUT2D eigenvalue weighted by Gasteiger charge is 2.63. The molecule has 3 aliphatic rings. The molecule has 1 amide bonds. The summed E-state index contributed by atoms with van der Waals surface area (Å²) in [6, 6.07) is 2.04. The predicted molar refractivity (Wildman–Crippen MR) is 89.7 cm³/mol. The fourth-order valence-electron chi connectivity index (χ4n) is 5.27. The number of likely N-dealkylation sites (tertiary alicyclic amines) is 2. The Morgan fingerprint density at radius 1 is 1.30 bits per heavy atom. The Bertz CT molecular complexity index is 540. The molecule has 0 radical (unpaired) electrons. The molecule has 0 aromatic rings. The average molecular weight is 318 g/mol. The summed E-state index contributed by atoms with van der Waals surface area (Å²) in [5.41, 5.74) is 0.442. The number of likely N-dealkylation sites (N-methyl/N-ethyl adjacent to an activating group) is 1. The lowest BCUT2D eigenvalue weighted by Crippen LogP contribution is -2.67. The van der Waals surface area contributed by atoms with Gasteiger partial charge in [-0.05, 0) is 43.6 Å². The molecule has 1 aliphatic carbocycles. The fraction of sp³-hybridized carbons (Fsp3) is 0.889. The molecule has 3 rings (SSSR count). The molecule has 1 saturated carbocycles. The summed E-state index contributed by atoms with van der Waals surface area (Å²) in [7, 11) is 2.18. The third-order valence-corrected chi connectivity index (χ3v) is 7.27. The summed E-state index contributed by atoms with van der Waals surface area (Å²) >= 11 is 0. The molecule has 0 spiro atoms. The Hall–Kier alpha value is -1.12. The van der Waals surface area contributed by atoms with Crippen LogP contribution in [0.4, 0.5) is 0 Å². The highest BCUT2D eigenvalue weighted by atomic mass is 16.2. The number of hydrogen-bond donors (Lipinski definition) is 1. The minimum atomic E-state index is -0.224. The maximum Gasteiger partial charge on any atom is 0.237 e. The average Bonchev–Trinajstić information content (AvgIpc) is 2.98. The number of carbonyl (C=O) groups excluding carboxylic acids is 1. The Labute approximate surface area is 140 Å². The lowest BCUT2D eigenvalue weighted by Gasteiger charge is -2.56. The van der Waals surface area contributed by atoms with Crippen LogP contribution in [0.3, 0.4) is 0 Å². The van der Waals surface area contributed by atoms with Crippen LogP contribution in [0.15, 0.2) is 0 Å². The summed E-state index contributed by atoms with van der Waals surface area (Å²) in [6.07, 6.45) is 4.09. The molecule has 3 atom stereocenters.